The maximum absolute atomic E-state index is 13.4. The van der Waals surface area contributed by atoms with Gasteiger partial charge in [0.05, 0.1) is 12.3 Å². The molecule has 0 bridgehead atoms. The van der Waals surface area contributed by atoms with Crippen LogP contribution in [0.25, 0.3) is 10.9 Å². The maximum Gasteiger partial charge on any atom is 0.217 e. The summed E-state index contributed by atoms with van der Waals surface area (Å²) in [5, 5.41) is 0.327. The van der Waals surface area contributed by atoms with E-state index in [1.165, 1.54) is 12.1 Å². The molecule has 0 aliphatic carbocycles. The molecule has 0 amide bonds. The van der Waals surface area contributed by atoms with Gasteiger partial charge >= 0.3 is 0 Å². The number of hydrogen-bond acceptors (Lipinski definition) is 5. The van der Waals surface area contributed by atoms with E-state index in [4.69, 9.17) is 14.2 Å². The number of aromatic nitrogens is 2. The average molecular weight is 398 g/mol. The zero-order chi connectivity index (χ0) is 20.2. The van der Waals surface area contributed by atoms with Crippen LogP contribution in [-0.4, -0.2) is 29.8 Å². The molecule has 1 aliphatic rings. The molecular formula is C22H23FN2O4. The molecule has 29 heavy (non-hydrogen) atoms. The summed E-state index contributed by atoms with van der Waals surface area (Å²) in [6.45, 7) is 4.05. The second kappa shape index (κ2) is 8.61. The second-order valence-electron chi connectivity index (χ2n) is 7.23. The quantitative estimate of drug-likeness (QED) is 0.685. The molecule has 7 heteroatoms. The molecule has 0 radical (unpaired) electrons. The molecule has 2 aromatic heterocycles. The molecule has 152 valence electrons. The maximum atomic E-state index is 13.4. The molecule has 0 spiro atoms. The summed E-state index contributed by atoms with van der Waals surface area (Å²) in [5.74, 6) is 1.17. The van der Waals surface area contributed by atoms with Crippen LogP contribution in [-0.2, 0) is 11.3 Å². The number of benzene rings is 1. The van der Waals surface area contributed by atoms with Crippen molar-refractivity contribution >= 4 is 10.9 Å². The fourth-order valence-corrected chi connectivity index (χ4v) is 3.39. The number of H-pyrrole nitrogens is 1. The van der Waals surface area contributed by atoms with E-state index < -0.39 is 5.82 Å². The molecule has 3 aromatic rings. The van der Waals surface area contributed by atoms with E-state index >= 15 is 0 Å². The molecule has 1 saturated heterocycles. The number of halogens is 1. The van der Waals surface area contributed by atoms with Gasteiger partial charge in [0.25, 0.3) is 0 Å². The van der Waals surface area contributed by atoms with Crippen molar-refractivity contribution in [1.29, 1.82) is 0 Å². The Balaban J connectivity index is 1.44. The summed E-state index contributed by atoms with van der Waals surface area (Å²) in [5.41, 5.74) is 1.49. The van der Waals surface area contributed by atoms with Crippen LogP contribution in [0.2, 0.25) is 0 Å². The van der Waals surface area contributed by atoms with Gasteiger partial charge in [0, 0.05) is 41.9 Å². The third-order valence-electron chi connectivity index (χ3n) is 5.20. The molecular weight excluding hydrogens is 375 g/mol. The van der Waals surface area contributed by atoms with Gasteiger partial charge < -0.3 is 19.2 Å². The number of fused-ring (bicyclic) bond motifs is 1. The molecule has 6 nitrogen and oxygen atoms in total. The van der Waals surface area contributed by atoms with Crippen LogP contribution in [0.5, 0.6) is 11.6 Å². The van der Waals surface area contributed by atoms with Gasteiger partial charge in [-0.3, -0.25) is 4.79 Å². The lowest BCUT2D eigenvalue weighted by Crippen LogP contribution is -2.21. The standard InChI is InChI=1S/C22H23FN2O4/c1-14-20(25-19-3-2-16(23)10-18(19)22(14)26)13-29-21-11-17(4-7-24-21)28-12-15-5-8-27-9-6-15/h2-4,7,10-11,15H,5-6,8-9,12-13H2,1H3,(H,25,26). The SMILES string of the molecule is Cc1c(COc2cc(OCC3CCOCC3)ccn2)[nH]c2ccc(F)cc2c1=O. The van der Waals surface area contributed by atoms with E-state index in [1.54, 1.807) is 31.3 Å². The van der Waals surface area contributed by atoms with Crippen LogP contribution >= 0.6 is 0 Å². The molecule has 0 atom stereocenters. The third kappa shape index (κ3) is 4.56. The number of nitrogens with one attached hydrogen (secondary N) is 1. The van der Waals surface area contributed by atoms with Crippen LogP contribution < -0.4 is 14.9 Å². The minimum atomic E-state index is -0.437. The van der Waals surface area contributed by atoms with Crippen LogP contribution in [0, 0.1) is 18.7 Å². The predicted molar refractivity (Wildman–Crippen MR) is 107 cm³/mol. The molecule has 1 fully saturated rings. The van der Waals surface area contributed by atoms with Gasteiger partial charge in [0.15, 0.2) is 5.43 Å². The topological polar surface area (TPSA) is 73.4 Å². The van der Waals surface area contributed by atoms with Gasteiger partial charge in [-0.15, -0.1) is 0 Å². The van der Waals surface area contributed by atoms with Crippen LogP contribution in [0.1, 0.15) is 24.1 Å². The van der Waals surface area contributed by atoms with Gasteiger partial charge in [0.2, 0.25) is 5.88 Å². The Kier molecular flexibility index (Phi) is 5.76. The average Bonchev–Trinajstić information content (AvgIpc) is 2.75. The lowest BCUT2D eigenvalue weighted by molar-refractivity contribution is 0.0497. The molecule has 4 rings (SSSR count). The first kappa shape index (κ1) is 19.4. The van der Waals surface area contributed by atoms with Crippen molar-refractivity contribution in [1.82, 2.24) is 9.97 Å². The minimum absolute atomic E-state index is 0.144. The van der Waals surface area contributed by atoms with Crippen LogP contribution in [0.4, 0.5) is 4.39 Å². The normalized spacial score (nSPS) is 14.8. The number of nitrogens with zero attached hydrogens (tertiary/aromatic N) is 1. The lowest BCUT2D eigenvalue weighted by atomic mass is 10.0. The number of pyridine rings is 2. The van der Waals surface area contributed by atoms with E-state index in [0.717, 1.165) is 26.1 Å². The Hall–Kier alpha value is -2.93. The van der Waals surface area contributed by atoms with E-state index in [2.05, 4.69) is 9.97 Å². The van der Waals surface area contributed by atoms with Crippen molar-refractivity contribution in [2.75, 3.05) is 19.8 Å². The van der Waals surface area contributed by atoms with Crippen molar-refractivity contribution < 1.29 is 18.6 Å². The highest BCUT2D eigenvalue weighted by Crippen LogP contribution is 2.21. The predicted octanol–water partition coefficient (Wildman–Crippen LogP) is 3.76. The van der Waals surface area contributed by atoms with Crippen LogP contribution in [0.15, 0.2) is 41.3 Å². The van der Waals surface area contributed by atoms with Crippen molar-refractivity contribution in [3.05, 3.63) is 63.8 Å². The van der Waals surface area contributed by atoms with E-state index in [9.17, 15) is 9.18 Å². The Morgan fingerprint density at radius 2 is 2.03 bits per heavy atom. The van der Waals surface area contributed by atoms with Gasteiger partial charge in [-0.2, -0.15) is 0 Å². The largest absolute Gasteiger partial charge is 0.493 e. The Labute approximate surface area is 167 Å². The first-order chi connectivity index (χ1) is 14.1. The van der Waals surface area contributed by atoms with Gasteiger partial charge in [-0.25, -0.2) is 9.37 Å². The summed E-state index contributed by atoms with van der Waals surface area (Å²) in [4.78, 5) is 19.9. The number of hydrogen-bond donors (Lipinski definition) is 1. The Morgan fingerprint density at radius 1 is 1.21 bits per heavy atom. The monoisotopic (exact) mass is 398 g/mol. The molecule has 0 unspecified atom stereocenters. The summed E-state index contributed by atoms with van der Waals surface area (Å²) in [6.07, 6.45) is 3.65. The smallest absolute Gasteiger partial charge is 0.217 e. The van der Waals surface area contributed by atoms with Crippen molar-refractivity contribution in [3.8, 4) is 11.6 Å². The van der Waals surface area contributed by atoms with E-state index in [-0.39, 0.29) is 12.0 Å². The minimum Gasteiger partial charge on any atom is -0.493 e. The molecule has 3 heterocycles. The highest BCUT2D eigenvalue weighted by Gasteiger charge is 2.15. The van der Waals surface area contributed by atoms with Gasteiger partial charge in [0.1, 0.15) is 18.2 Å². The molecule has 1 N–H and O–H groups in total. The second-order valence-corrected chi connectivity index (χ2v) is 7.23. The number of ether oxygens (including phenoxy) is 3. The van der Waals surface area contributed by atoms with E-state index in [0.29, 0.717) is 46.3 Å². The molecule has 1 aromatic carbocycles. The first-order valence-electron chi connectivity index (χ1n) is 9.70. The summed E-state index contributed by atoms with van der Waals surface area (Å²) >= 11 is 0. The third-order valence-corrected chi connectivity index (χ3v) is 5.20. The lowest BCUT2D eigenvalue weighted by Gasteiger charge is -2.22. The fourth-order valence-electron chi connectivity index (χ4n) is 3.39. The van der Waals surface area contributed by atoms with Gasteiger partial charge in [-0.05, 0) is 49.9 Å². The molecule has 1 aliphatic heterocycles. The summed E-state index contributed by atoms with van der Waals surface area (Å²) < 4.78 is 30.5. The number of rotatable bonds is 6. The fraction of sp³-hybridized carbons (Fsp3) is 0.364. The number of aromatic amines is 1. The van der Waals surface area contributed by atoms with Crippen molar-refractivity contribution in [2.45, 2.75) is 26.4 Å². The highest BCUT2D eigenvalue weighted by molar-refractivity contribution is 5.79. The highest BCUT2D eigenvalue weighted by atomic mass is 19.1. The zero-order valence-electron chi connectivity index (χ0n) is 16.2. The van der Waals surface area contributed by atoms with E-state index in [1.807, 2.05) is 0 Å². The van der Waals surface area contributed by atoms with Gasteiger partial charge in [-0.1, -0.05) is 0 Å². The molecule has 0 saturated carbocycles. The Morgan fingerprint density at radius 3 is 2.86 bits per heavy atom. The van der Waals surface area contributed by atoms with Crippen LogP contribution in [0.3, 0.4) is 0 Å². The summed E-state index contributed by atoms with van der Waals surface area (Å²) in [6, 6.07) is 7.65. The zero-order valence-corrected chi connectivity index (χ0v) is 16.2. The Bertz CT molecular complexity index is 1060. The summed E-state index contributed by atoms with van der Waals surface area (Å²) in [7, 11) is 0. The van der Waals surface area contributed by atoms with Crippen molar-refractivity contribution in [2.24, 2.45) is 5.92 Å². The van der Waals surface area contributed by atoms with Crippen molar-refractivity contribution in [3.63, 3.8) is 0 Å². The first-order valence-corrected chi connectivity index (χ1v) is 9.70.